The summed E-state index contributed by atoms with van der Waals surface area (Å²) in [5, 5.41) is -2.03. The van der Waals surface area contributed by atoms with Crippen LogP contribution in [0.2, 0.25) is 0 Å². The van der Waals surface area contributed by atoms with Crippen LogP contribution in [0.1, 0.15) is 70.7 Å². The quantitative estimate of drug-likeness (QED) is 0.0939. The van der Waals surface area contributed by atoms with Crippen molar-refractivity contribution in [3.05, 3.63) is 135 Å². The summed E-state index contributed by atoms with van der Waals surface area (Å²) in [6.07, 6.45) is -6.87. The Balaban J connectivity index is 1.64. The Morgan fingerprint density at radius 3 is 2.38 bits per heavy atom. The first-order valence-corrected chi connectivity index (χ1v) is 16.0. The number of aromatic nitrogens is 1. The number of halogens is 5. The number of fused-ring (bicyclic) bond motifs is 1. The standard InChI is InChI=1S/C41H40F5N3O3S/c1-27-6-15-36-34(22-27)37(50)23-39(53-26-31-4-3-5-35(42)40(31)43)49(36)25-38(51)48(33-16-18-47(19-17-33)20-21-52-2)24-28-7-9-29(10-8-28)30-11-13-32(14-12-30)41(44,45)46/h3-15,22-23,33H,16-21,24-26H2,1-2H3/i2D3,3D,4D,5D,6D,7D,8D,9D,10D,11D,12D,13D,14D,15D,20D2,21D2,22D,23D,24D2,26D2. The zero-order valence-electron chi connectivity index (χ0n) is 53.0. The second kappa shape index (κ2) is 16.7. The third-order valence-corrected chi connectivity index (χ3v) is 8.39. The number of piperidine rings is 1. The van der Waals surface area contributed by atoms with Crippen molar-refractivity contribution in [3.63, 3.8) is 0 Å². The monoisotopic (exact) mass is 775 g/mol. The van der Waals surface area contributed by atoms with Crippen molar-refractivity contribution in [2.24, 2.45) is 0 Å². The summed E-state index contributed by atoms with van der Waals surface area (Å²) >= 11 is -0.423. The summed E-state index contributed by atoms with van der Waals surface area (Å²) < 4.78 is 297. The lowest BCUT2D eigenvalue weighted by Gasteiger charge is -2.39. The first-order chi connectivity index (χ1) is 35.8. The Bertz CT molecular complexity index is 3350. The number of hydrogen-bond acceptors (Lipinski definition) is 5. The average molecular weight is 776 g/mol. The molecule has 0 atom stereocenters. The minimum atomic E-state index is -5.48. The highest BCUT2D eigenvalue weighted by Crippen LogP contribution is 2.32. The van der Waals surface area contributed by atoms with Gasteiger partial charge in [-0.3, -0.25) is 9.59 Å². The van der Waals surface area contributed by atoms with Gasteiger partial charge in [-0.05, 0) is 66.7 Å². The minimum absolute atomic E-state index is 0.194. The van der Waals surface area contributed by atoms with Crippen LogP contribution in [-0.4, -0.2) is 59.5 Å². The van der Waals surface area contributed by atoms with Crippen LogP contribution < -0.4 is 5.43 Å². The number of likely N-dealkylation sites (tertiary alicyclic amines) is 1. The maximum Gasteiger partial charge on any atom is 0.416 e. The summed E-state index contributed by atoms with van der Waals surface area (Å²) in [5.41, 5.74) is -13.8. The number of ether oxygens (including phenoxy) is 1. The third kappa shape index (κ3) is 9.17. The number of carbonyl (C=O) groups is 1. The molecule has 0 radical (unpaired) electrons. The highest BCUT2D eigenvalue weighted by molar-refractivity contribution is 7.98. The molecule has 4 aromatic carbocycles. The van der Waals surface area contributed by atoms with Gasteiger partial charge in [-0.2, -0.15) is 13.2 Å². The van der Waals surface area contributed by atoms with Crippen molar-refractivity contribution < 1.29 is 67.1 Å². The van der Waals surface area contributed by atoms with Gasteiger partial charge in [0.05, 0.1) is 52.8 Å². The molecule has 6 rings (SSSR count). The summed E-state index contributed by atoms with van der Waals surface area (Å²) in [7, 11) is -3.50. The molecule has 1 saturated heterocycles. The second-order valence-corrected chi connectivity index (χ2v) is 11.9. The summed E-state index contributed by atoms with van der Waals surface area (Å²) in [4.78, 5) is 30.4. The number of amides is 1. The average Bonchev–Trinajstić information content (AvgIpc) is 3.41. The fourth-order valence-corrected chi connectivity index (χ4v) is 5.79. The molecule has 0 aliphatic carbocycles. The fourth-order valence-electron chi connectivity index (χ4n) is 5.04. The normalized spacial score (nSPS) is 22.5. The molecule has 5 aromatic rings. The number of alkyl halides is 3. The molecular formula is C41H40F5N3O3S. The summed E-state index contributed by atoms with van der Waals surface area (Å²) in [6.45, 7) is -12.7. The molecule has 0 N–H and O–H groups in total. The van der Waals surface area contributed by atoms with E-state index in [1.54, 1.807) is 0 Å². The van der Waals surface area contributed by atoms with E-state index < -0.39 is 246 Å². The van der Waals surface area contributed by atoms with Gasteiger partial charge in [0.25, 0.3) is 0 Å². The van der Waals surface area contributed by atoms with Crippen LogP contribution in [-0.2, 0) is 34.5 Å². The van der Waals surface area contributed by atoms with E-state index in [-0.39, 0.29) is 10.5 Å². The molecule has 1 amide bonds. The second-order valence-electron chi connectivity index (χ2n) is 11.1. The maximum atomic E-state index is 15.6. The molecule has 1 aliphatic heterocycles. The molecule has 6 nitrogen and oxygen atoms in total. The molecule has 0 spiro atoms. The number of hydrogen-bond donors (Lipinski definition) is 0. The molecular weight excluding hydrogens is 710 g/mol. The number of benzene rings is 4. The third-order valence-electron chi connectivity index (χ3n) is 7.56. The lowest BCUT2D eigenvalue weighted by molar-refractivity contribution is -0.137. The Labute approximate surface area is 345 Å². The Morgan fingerprint density at radius 1 is 1.00 bits per heavy atom. The van der Waals surface area contributed by atoms with Crippen LogP contribution in [0.4, 0.5) is 22.0 Å². The molecule has 278 valence electrons. The largest absolute Gasteiger partial charge is 0.416 e. The SMILES string of the molecule is [2H]c1c([2H])c(F)c(F)c(C([2H])([2H])Sc2c([2H])c(=O)c3c([2H])c(C)c([2H])c([2H])c3n2CC(=O)N(C2CCN(C([2H])([2H])C([2H])([2H])OC([2H])([2H])[2H])CC2)C([2H])([2H])c2c([2H])c([2H])c(-c3c([2H])c([2H])c(C(F)(F)F)c([2H])c3[2H])c([2H])c2[2H])c1[2H]. The molecule has 0 saturated carbocycles. The van der Waals surface area contributed by atoms with Crippen LogP contribution in [0, 0.1) is 18.6 Å². The first kappa shape index (κ1) is 17.3. The van der Waals surface area contributed by atoms with E-state index in [2.05, 4.69) is 4.74 Å². The van der Waals surface area contributed by atoms with Gasteiger partial charge in [0.1, 0.15) is 6.54 Å². The number of pyridine rings is 1. The van der Waals surface area contributed by atoms with Crippen LogP contribution in [0.3, 0.4) is 0 Å². The summed E-state index contributed by atoms with van der Waals surface area (Å²) in [5.74, 6) is -5.98. The van der Waals surface area contributed by atoms with Gasteiger partial charge >= 0.3 is 6.18 Å². The zero-order valence-corrected chi connectivity index (χ0v) is 27.8. The molecule has 1 fully saturated rings. The van der Waals surface area contributed by atoms with Crippen LogP contribution in [0.5, 0.6) is 0 Å². The zero-order chi connectivity index (χ0) is 60.4. The van der Waals surface area contributed by atoms with Gasteiger partial charge < -0.3 is 19.1 Å². The van der Waals surface area contributed by atoms with Gasteiger partial charge in [-0.25, -0.2) is 8.78 Å². The molecule has 1 aliphatic rings. The van der Waals surface area contributed by atoms with Crippen molar-refractivity contribution in [2.75, 3.05) is 33.2 Å². The van der Waals surface area contributed by atoms with Crippen LogP contribution >= 0.6 is 11.8 Å². The van der Waals surface area contributed by atoms with Crippen molar-refractivity contribution in [1.82, 2.24) is 14.4 Å². The van der Waals surface area contributed by atoms with Gasteiger partial charge in [0.15, 0.2) is 17.1 Å². The molecule has 0 unspecified atom stereocenters. The van der Waals surface area contributed by atoms with E-state index in [0.29, 0.717) is 9.47 Å². The summed E-state index contributed by atoms with van der Waals surface area (Å²) in [6, 6.07) is -22.2. The molecule has 1 aromatic heterocycles. The molecule has 0 bridgehead atoms. The van der Waals surface area contributed by atoms with E-state index in [1.165, 1.54) is 0 Å². The van der Waals surface area contributed by atoms with Crippen LogP contribution in [0.25, 0.3) is 22.0 Å². The first-order valence-electron chi connectivity index (χ1n) is 28.2. The number of nitrogens with zero attached hydrogens (tertiary/aromatic N) is 3. The number of methoxy groups -OCH3 is 1. The highest BCUT2D eigenvalue weighted by Gasteiger charge is 2.31. The molecule has 2 heterocycles. The van der Waals surface area contributed by atoms with Crippen molar-refractivity contribution in [3.8, 4) is 11.1 Å². The lowest BCUT2D eigenvalue weighted by atomic mass is 10.00. The number of thioether (sulfide) groups is 1. The Kier molecular flexibility index (Phi) is 5.44. The van der Waals surface area contributed by atoms with E-state index in [4.69, 9.17) is 32.9 Å². The van der Waals surface area contributed by atoms with Gasteiger partial charge in [-0.1, -0.05) is 59.9 Å². The van der Waals surface area contributed by atoms with E-state index in [1.807, 2.05) is 0 Å². The smallest absolute Gasteiger partial charge is 0.383 e. The predicted octanol–water partition coefficient (Wildman–Crippen LogP) is 8.71. The fraction of sp³-hybridized carbons (Fsp3) is 0.317. The van der Waals surface area contributed by atoms with Gasteiger partial charge in [0.2, 0.25) is 5.91 Å². The highest BCUT2D eigenvalue weighted by atomic mass is 32.2. The van der Waals surface area contributed by atoms with E-state index >= 15 is 9.18 Å². The predicted molar refractivity (Wildman–Crippen MR) is 198 cm³/mol. The van der Waals surface area contributed by atoms with E-state index in [0.717, 1.165) is 6.92 Å². The van der Waals surface area contributed by atoms with Crippen molar-refractivity contribution >= 4 is 28.6 Å². The Morgan fingerprint density at radius 2 is 1.70 bits per heavy atom. The molecule has 53 heavy (non-hydrogen) atoms. The molecule has 12 heteroatoms. The minimum Gasteiger partial charge on any atom is -0.383 e. The van der Waals surface area contributed by atoms with E-state index in [9.17, 15) is 25.1 Å². The van der Waals surface area contributed by atoms with Crippen molar-refractivity contribution in [2.45, 2.75) is 55.8 Å². The topological polar surface area (TPSA) is 54.8 Å². The van der Waals surface area contributed by atoms with Crippen molar-refractivity contribution in [1.29, 1.82) is 0 Å². The maximum absolute atomic E-state index is 15.6. The number of carbonyl (C=O) groups excluding carboxylic acids is 1. The number of rotatable bonds is 12. The van der Waals surface area contributed by atoms with Gasteiger partial charge in [-0.15, -0.1) is 11.8 Å². The van der Waals surface area contributed by atoms with Crippen LogP contribution in [0.15, 0.2) is 100 Å². The Hall–Kier alpha value is -4.52. The lowest BCUT2D eigenvalue weighted by Crippen LogP contribution is -2.48. The van der Waals surface area contributed by atoms with Gasteiger partial charge in [0, 0.05) is 67.3 Å².